The van der Waals surface area contributed by atoms with Gasteiger partial charge in [-0.25, -0.2) is 0 Å². The number of hydrogen-bond donors (Lipinski definition) is 0. The molecular weight excluding hydrogens is 308 g/mol. The van der Waals surface area contributed by atoms with Gasteiger partial charge in [0.2, 0.25) is 5.16 Å². The van der Waals surface area contributed by atoms with Gasteiger partial charge in [-0.1, -0.05) is 54.2 Å². The zero-order chi connectivity index (χ0) is 16.1. The van der Waals surface area contributed by atoms with Crippen molar-refractivity contribution in [2.24, 2.45) is 0 Å². The van der Waals surface area contributed by atoms with Crippen molar-refractivity contribution in [1.29, 1.82) is 0 Å². The second kappa shape index (κ2) is 7.28. The molecule has 6 heteroatoms. The van der Waals surface area contributed by atoms with Crippen molar-refractivity contribution in [3.8, 4) is 11.4 Å². The molecule has 0 amide bonds. The fraction of sp³-hybridized carbons (Fsp3) is 0.235. The van der Waals surface area contributed by atoms with Crippen LogP contribution < -0.4 is 4.74 Å². The normalized spacial score (nSPS) is 12.1. The van der Waals surface area contributed by atoms with Gasteiger partial charge in [-0.15, -0.1) is 5.10 Å². The van der Waals surface area contributed by atoms with Crippen molar-refractivity contribution >= 4 is 11.8 Å². The summed E-state index contributed by atoms with van der Waals surface area (Å²) in [6.45, 7) is 4.71. The van der Waals surface area contributed by atoms with E-state index in [9.17, 15) is 0 Å². The van der Waals surface area contributed by atoms with Crippen molar-refractivity contribution in [2.75, 3.05) is 6.61 Å². The summed E-state index contributed by atoms with van der Waals surface area (Å²) in [5.41, 5.74) is 2.09. The molecule has 0 saturated heterocycles. The van der Waals surface area contributed by atoms with Crippen molar-refractivity contribution < 1.29 is 4.74 Å². The van der Waals surface area contributed by atoms with Crippen molar-refractivity contribution in [2.45, 2.75) is 24.3 Å². The maximum absolute atomic E-state index is 5.68. The molecule has 0 aliphatic rings. The molecule has 3 rings (SSSR count). The van der Waals surface area contributed by atoms with Gasteiger partial charge < -0.3 is 4.74 Å². The van der Waals surface area contributed by atoms with Crippen LogP contribution in [-0.4, -0.2) is 26.8 Å². The van der Waals surface area contributed by atoms with Crippen LogP contribution in [0.2, 0.25) is 0 Å². The second-order valence-electron chi connectivity index (χ2n) is 4.94. The van der Waals surface area contributed by atoms with Crippen molar-refractivity contribution in [3.63, 3.8) is 0 Å². The van der Waals surface area contributed by atoms with E-state index in [1.54, 1.807) is 16.4 Å². The Labute approximate surface area is 139 Å². The molecule has 3 aromatic rings. The van der Waals surface area contributed by atoms with Gasteiger partial charge in [-0.3, -0.25) is 0 Å². The molecule has 0 bridgehead atoms. The Bertz CT molecular complexity index is 760. The first-order valence-electron chi connectivity index (χ1n) is 7.51. The van der Waals surface area contributed by atoms with E-state index in [0.29, 0.717) is 6.61 Å². The topological polar surface area (TPSA) is 52.8 Å². The molecule has 0 saturated carbocycles. The van der Waals surface area contributed by atoms with Crippen molar-refractivity contribution in [1.82, 2.24) is 20.2 Å². The standard InChI is InChI=1S/C17H18N4OS/c1-3-22-16-12-8-7-11-15(16)21-17(18-19-20-21)23-13(2)14-9-5-4-6-10-14/h4-13H,3H2,1-2H3. The number of para-hydroxylation sites is 2. The minimum atomic E-state index is 0.250. The first-order chi connectivity index (χ1) is 11.3. The summed E-state index contributed by atoms with van der Waals surface area (Å²) >= 11 is 1.62. The molecular formula is C17H18N4OS. The first kappa shape index (κ1) is 15.6. The van der Waals surface area contributed by atoms with Crippen LogP contribution in [0.5, 0.6) is 5.75 Å². The predicted molar refractivity (Wildman–Crippen MR) is 91.0 cm³/mol. The average molecular weight is 326 g/mol. The van der Waals surface area contributed by atoms with Crippen molar-refractivity contribution in [3.05, 3.63) is 60.2 Å². The summed E-state index contributed by atoms with van der Waals surface area (Å²) in [6.07, 6.45) is 0. The molecule has 1 unspecified atom stereocenters. The fourth-order valence-corrected chi connectivity index (χ4v) is 3.19. The number of benzene rings is 2. The van der Waals surface area contributed by atoms with Gasteiger partial charge >= 0.3 is 0 Å². The lowest BCUT2D eigenvalue weighted by molar-refractivity contribution is 0.337. The summed E-state index contributed by atoms with van der Waals surface area (Å²) in [6, 6.07) is 18.1. The minimum absolute atomic E-state index is 0.250. The minimum Gasteiger partial charge on any atom is -0.492 e. The Morgan fingerprint density at radius 3 is 2.61 bits per heavy atom. The van der Waals surface area contributed by atoms with E-state index in [1.807, 2.05) is 49.4 Å². The van der Waals surface area contributed by atoms with Crippen LogP contribution >= 0.6 is 11.8 Å². The van der Waals surface area contributed by atoms with E-state index in [2.05, 4.69) is 34.6 Å². The van der Waals surface area contributed by atoms with Gasteiger partial charge in [0.15, 0.2) is 0 Å². The van der Waals surface area contributed by atoms with Gasteiger partial charge in [0.1, 0.15) is 11.4 Å². The van der Waals surface area contributed by atoms with Gasteiger partial charge in [0.05, 0.1) is 6.61 Å². The largest absolute Gasteiger partial charge is 0.492 e. The fourth-order valence-electron chi connectivity index (χ4n) is 2.26. The highest BCUT2D eigenvalue weighted by atomic mass is 32.2. The lowest BCUT2D eigenvalue weighted by atomic mass is 10.2. The SMILES string of the molecule is CCOc1ccccc1-n1nnnc1SC(C)c1ccccc1. The Morgan fingerprint density at radius 1 is 1.09 bits per heavy atom. The number of hydrogen-bond acceptors (Lipinski definition) is 5. The highest BCUT2D eigenvalue weighted by molar-refractivity contribution is 7.99. The van der Waals surface area contributed by atoms with Gasteiger partial charge in [-0.05, 0) is 42.0 Å². The molecule has 0 radical (unpaired) electrons. The van der Waals surface area contributed by atoms with Crippen LogP contribution in [-0.2, 0) is 0 Å². The zero-order valence-electron chi connectivity index (χ0n) is 13.1. The maximum atomic E-state index is 5.68. The monoisotopic (exact) mass is 326 g/mol. The van der Waals surface area contributed by atoms with E-state index >= 15 is 0 Å². The third-order valence-electron chi connectivity index (χ3n) is 3.39. The summed E-state index contributed by atoms with van der Waals surface area (Å²) in [7, 11) is 0. The molecule has 1 heterocycles. The van der Waals surface area contributed by atoms with E-state index in [4.69, 9.17) is 4.74 Å². The maximum Gasteiger partial charge on any atom is 0.214 e. The van der Waals surface area contributed by atoms with Crippen LogP contribution in [0.15, 0.2) is 59.8 Å². The summed E-state index contributed by atoms with van der Waals surface area (Å²) in [5, 5.41) is 13.1. The third kappa shape index (κ3) is 3.53. The lowest BCUT2D eigenvalue weighted by Crippen LogP contribution is -2.04. The molecule has 0 aliphatic heterocycles. The van der Waals surface area contributed by atoms with E-state index in [0.717, 1.165) is 16.6 Å². The molecule has 118 valence electrons. The molecule has 0 spiro atoms. The highest BCUT2D eigenvalue weighted by Gasteiger charge is 2.16. The Kier molecular flexibility index (Phi) is 4.92. The summed E-state index contributed by atoms with van der Waals surface area (Å²) in [5.74, 6) is 0.775. The molecule has 1 atom stereocenters. The molecule has 23 heavy (non-hydrogen) atoms. The predicted octanol–water partition coefficient (Wildman–Crippen LogP) is 3.91. The lowest BCUT2D eigenvalue weighted by Gasteiger charge is -2.13. The van der Waals surface area contributed by atoms with Crippen LogP contribution in [0.4, 0.5) is 0 Å². The van der Waals surface area contributed by atoms with E-state index < -0.39 is 0 Å². The average Bonchev–Trinajstić information content (AvgIpc) is 3.04. The summed E-state index contributed by atoms with van der Waals surface area (Å²) in [4.78, 5) is 0. The Hall–Kier alpha value is -2.34. The number of nitrogens with zero attached hydrogens (tertiary/aromatic N) is 4. The van der Waals surface area contributed by atoms with Crippen LogP contribution in [0.3, 0.4) is 0 Å². The summed E-state index contributed by atoms with van der Waals surface area (Å²) < 4.78 is 7.41. The zero-order valence-corrected chi connectivity index (χ0v) is 13.9. The van der Waals surface area contributed by atoms with E-state index in [1.165, 1.54) is 5.56 Å². The first-order valence-corrected chi connectivity index (χ1v) is 8.39. The number of rotatable bonds is 6. The molecule has 0 fully saturated rings. The molecule has 0 aliphatic carbocycles. The molecule has 0 N–H and O–H groups in total. The molecule has 2 aromatic carbocycles. The van der Waals surface area contributed by atoms with Gasteiger partial charge in [0, 0.05) is 5.25 Å². The van der Waals surface area contributed by atoms with Gasteiger partial charge in [-0.2, -0.15) is 4.68 Å². The quantitative estimate of drug-likeness (QED) is 0.643. The number of aromatic nitrogens is 4. The van der Waals surface area contributed by atoms with Crippen LogP contribution in [0.25, 0.3) is 5.69 Å². The smallest absolute Gasteiger partial charge is 0.214 e. The number of thioether (sulfide) groups is 1. The van der Waals surface area contributed by atoms with Crippen LogP contribution in [0, 0.1) is 0 Å². The number of ether oxygens (including phenoxy) is 1. The molecule has 5 nitrogen and oxygen atoms in total. The molecule has 1 aromatic heterocycles. The highest BCUT2D eigenvalue weighted by Crippen LogP contribution is 2.35. The Morgan fingerprint density at radius 2 is 1.83 bits per heavy atom. The third-order valence-corrected chi connectivity index (χ3v) is 4.48. The van der Waals surface area contributed by atoms with Crippen LogP contribution in [0.1, 0.15) is 24.7 Å². The van der Waals surface area contributed by atoms with Gasteiger partial charge in [0.25, 0.3) is 0 Å². The van der Waals surface area contributed by atoms with E-state index in [-0.39, 0.29) is 5.25 Å². The number of tetrazole rings is 1. The Balaban J connectivity index is 1.88. The second-order valence-corrected chi connectivity index (χ2v) is 6.25.